The summed E-state index contributed by atoms with van der Waals surface area (Å²) in [4.78, 5) is 13.0. The van der Waals surface area contributed by atoms with E-state index in [0.29, 0.717) is 12.8 Å². The second-order valence-corrected chi connectivity index (χ2v) is 4.86. The summed E-state index contributed by atoms with van der Waals surface area (Å²) in [6.07, 6.45) is 0.801. The van der Waals surface area contributed by atoms with Crippen molar-refractivity contribution in [3.05, 3.63) is 34.6 Å². The number of hydrogen-bond acceptors (Lipinski definition) is 2. The van der Waals surface area contributed by atoms with Crippen LogP contribution in [0.3, 0.4) is 0 Å². The number of aliphatic hydroxyl groups is 1. The fraction of sp³-hybridized carbons (Fsp3) is 0.462. The Morgan fingerprint density at radius 2 is 1.38 bits per heavy atom. The Morgan fingerprint density at radius 1 is 0.952 bits per heavy atom. The number of halogens is 5. The zero-order chi connectivity index (χ0) is 15.7. The van der Waals surface area contributed by atoms with Gasteiger partial charge in [0.1, 0.15) is 5.56 Å². The summed E-state index contributed by atoms with van der Waals surface area (Å²) >= 11 is 0. The van der Waals surface area contributed by atoms with E-state index >= 15 is 0 Å². The van der Waals surface area contributed by atoms with Crippen molar-refractivity contribution in [1.82, 2.24) is 4.90 Å². The second-order valence-electron chi connectivity index (χ2n) is 4.86. The Bertz CT molecular complexity index is 541. The Kier molecular flexibility index (Phi) is 4.46. The molecule has 0 saturated carbocycles. The maximum absolute atomic E-state index is 13.5. The van der Waals surface area contributed by atoms with Crippen LogP contribution >= 0.6 is 0 Å². The topological polar surface area (TPSA) is 40.5 Å². The molecule has 3 nitrogen and oxygen atoms in total. The van der Waals surface area contributed by atoms with Crippen LogP contribution in [0, 0.1) is 35.0 Å². The summed E-state index contributed by atoms with van der Waals surface area (Å²) < 4.78 is 66.2. The standard InChI is InChI=1S/C13H12F5NO2/c14-8-7(9(15)11(17)12(18)10(8)16)13(21)19-3-1-6(5-20)2-4-19/h6,20H,1-5H2. The minimum Gasteiger partial charge on any atom is -0.396 e. The SMILES string of the molecule is O=C(c1c(F)c(F)c(F)c(F)c1F)N1CCC(CO)CC1. The molecule has 21 heavy (non-hydrogen) atoms. The van der Waals surface area contributed by atoms with Gasteiger partial charge < -0.3 is 10.0 Å². The third-order valence-electron chi connectivity index (χ3n) is 3.58. The first-order chi connectivity index (χ1) is 9.88. The van der Waals surface area contributed by atoms with E-state index in [1.807, 2.05) is 0 Å². The fourth-order valence-electron chi connectivity index (χ4n) is 2.27. The van der Waals surface area contributed by atoms with Crippen molar-refractivity contribution in [2.24, 2.45) is 5.92 Å². The van der Waals surface area contributed by atoms with Gasteiger partial charge in [-0.1, -0.05) is 0 Å². The minimum atomic E-state index is -2.29. The number of carbonyl (C=O) groups is 1. The van der Waals surface area contributed by atoms with Crippen LogP contribution in [-0.4, -0.2) is 35.6 Å². The van der Waals surface area contributed by atoms with E-state index in [2.05, 4.69) is 0 Å². The van der Waals surface area contributed by atoms with Crippen LogP contribution in [0.5, 0.6) is 0 Å². The van der Waals surface area contributed by atoms with Crippen molar-refractivity contribution >= 4 is 5.91 Å². The number of piperidine rings is 1. The lowest BCUT2D eigenvalue weighted by atomic mass is 9.97. The van der Waals surface area contributed by atoms with Crippen molar-refractivity contribution in [3.8, 4) is 0 Å². The van der Waals surface area contributed by atoms with Gasteiger partial charge in [-0.3, -0.25) is 4.79 Å². The average molecular weight is 309 g/mol. The number of likely N-dealkylation sites (tertiary alicyclic amines) is 1. The molecule has 1 fully saturated rings. The molecule has 1 amide bonds. The number of rotatable bonds is 2. The third-order valence-corrected chi connectivity index (χ3v) is 3.58. The smallest absolute Gasteiger partial charge is 0.260 e. The van der Waals surface area contributed by atoms with Gasteiger partial charge >= 0.3 is 0 Å². The van der Waals surface area contributed by atoms with Gasteiger partial charge in [-0.15, -0.1) is 0 Å². The van der Waals surface area contributed by atoms with E-state index in [1.165, 1.54) is 0 Å². The lowest BCUT2D eigenvalue weighted by Gasteiger charge is -2.31. The normalized spacial score (nSPS) is 16.4. The van der Waals surface area contributed by atoms with Crippen LogP contribution in [0.25, 0.3) is 0 Å². The van der Waals surface area contributed by atoms with Gasteiger partial charge in [-0.2, -0.15) is 0 Å². The van der Waals surface area contributed by atoms with Crippen LogP contribution in [-0.2, 0) is 0 Å². The van der Waals surface area contributed by atoms with Crippen molar-refractivity contribution in [2.45, 2.75) is 12.8 Å². The highest BCUT2D eigenvalue weighted by Crippen LogP contribution is 2.26. The number of hydrogen-bond donors (Lipinski definition) is 1. The quantitative estimate of drug-likeness (QED) is 0.517. The molecule has 0 aliphatic carbocycles. The van der Waals surface area contributed by atoms with E-state index < -0.39 is 40.6 Å². The lowest BCUT2D eigenvalue weighted by Crippen LogP contribution is -2.40. The Balaban J connectivity index is 2.32. The Labute approximate surface area is 117 Å². The highest BCUT2D eigenvalue weighted by Gasteiger charge is 2.33. The number of carbonyl (C=O) groups excluding carboxylic acids is 1. The molecule has 116 valence electrons. The molecular formula is C13H12F5NO2. The minimum absolute atomic E-state index is 0.0366. The molecule has 1 N–H and O–H groups in total. The molecule has 0 atom stereocenters. The highest BCUT2D eigenvalue weighted by atomic mass is 19.2. The Morgan fingerprint density at radius 3 is 1.81 bits per heavy atom. The van der Waals surface area contributed by atoms with E-state index in [1.54, 1.807) is 0 Å². The first-order valence-electron chi connectivity index (χ1n) is 6.30. The zero-order valence-electron chi connectivity index (χ0n) is 10.8. The molecule has 1 aromatic carbocycles. The summed E-state index contributed by atoms with van der Waals surface area (Å²) in [5.41, 5.74) is -1.44. The maximum atomic E-state index is 13.5. The van der Waals surface area contributed by atoms with E-state index in [-0.39, 0.29) is 25.6 Å². The molecule has 1 aliphatic heterocycles. The zero-order valence-corrected chi connectivity index (χ0v) is 10.8. The van der Waals surface area contributed by atoms with Crippen LogP contribution < -0.4 is 0 Å². The van der Waals surface area contributed by atoms with E-state index in [9.17, 15) is 26.7 Å². The molecule has 0 bridgehead atoms. The predicted octanol–water partition coefficient (Wildman–Crippen LogP) is 2.23. The fourth-order valence-corrected chi connectivity index (χ4v) is 2.27. The summed E-state index contributed by atoms with van der Waals surface area (Å²) in [6.45, 7) is 0.0949. The molecule has 0 radical (unpaired) electrons. The number of benzene rings is 1. The summed E-state index contributed by atoms with van der Waals surface area (Å²) in [5, 5.41) is 8.96. The van der Waals surface area contributed by atoms with Gasteiger partial charge in [0.15, 0.2) is 23.3 Å². The van der Waals surface area contributed by atoms with E-state index in [0.717, 1.165) is 4.90 Å². The van der Waals surface area contributed by atoms with E-state index in [4.69, 9.17) is 5.11 Å². The van der Waals surface area contributed by atoms with Crippen LogP contribution in [0.1, 0.15) is 23.2 Å². The summed E-state index contributed by atoms with van der Waals surface area (Å²) in [5.74, 6) is -12.1. The second kappa shape index (κ2) is 5.97. The molecule has 1 aliphatic rings. The molecule has 0 spiro atoms. The number of amides is 1. The number of nitrogens with zero attached hydrogens (tertiary/aromatic N) is 1. The molecule has 8 heteroatoms. The largest absolute Gasteiger partial charge is 0.396 e. The first kappa shape index (κ1) is 15.7. The summed E-state index contributed by atoms with van der Waals surface area (Å²) in [7, 11) is 0. The molecule has 0 aromatic heterocycles. The van der Waals surface area contributed by atoms with Crippen molar-refractivity contribution in [3.63, 3.8) is 0 Å². The molecule has 1 saturated heterocycles. The van der Waals surface area contributed by atoms with Crippen molar-refractivity contribution < 1.29 is 31.9 Å². The maximum Gasteiger partial charge on any atom is 0.260 e. The van der Waals surface area contributed by atoms with Gasteiger partial charge in [0, 0.05) is 19.7 Å². The molecule has 1 heterocycles. The molecule has 1 aromatic rings. The molecular weight excluding hydrogens is 297 g/mol. The van der Waals surface area contributed by atoms with Crippen molar-refractivity contribution in [2.75, 3.05) is 19.7 Å². The van der Waals surface area contributed by atoms with Gasteiger partial charge in [0.05, 0.1) is 0 Å². The van der Waals surface area contributed by atoms with Crippen molar-refractivity contribution in [1.29, 1.82) is 0 Å². The average Bonchev–Trinajstić information content (AvgIpc) is 2.51. The molecule has 2 rings (SSSR count). The first-order valence-corrected chi connectivity index (χ1v) is 6.30. The third kappa shape index (κ3) is 2.72. The molecule has 0 unspecified atom stereocenters. The van der Waals surface area contributed by atoms with Gasteiger partial charge in [0.2, 0.25) is 5.82 Å². The lowest BCUT2D eigenvalue weighted by molar-refractivity contribution is 0.0638. The van der Waals surface area contributed by atoms with Crippen LogP contribution in [0.15, 0.2) is 0 Å². The predicted molar refractivity (Wildman–Crippen MR) is 61.9 cm³/mol. The van der Waals surface area contributed by atoms with Crippen LogP contribution in [0.4, 0.5) is 22.0 Å². The van der Waals surface area contributed by atoms with Gasteiger partial charge in [0.25, 0.3) is 5.91 Å². The summed E-state index contributed by atoms with van der Waals surface area (Å²) in [6, 6.07) is 0. The Hall–Kier alpha value is -1.70. The highest BCUT2D eigenvalue weighted by molar-refractivity contribution is 5.95. The number of aliphatic hydroxyl groups excluding tert-OH is 1. The van der Waals surface area contributed by atoms with Gasteiger partial charge in [-0.05, 0) is 18.8 Å². The monoisotopic (exact) mass is 309 g/mol. The van der Waals surface area contributed by atoms with Gasteiger partial charge in [-0.25, -0.2) is 22.0 Å². The van der Waals surface area contributed by atoms with Crippen LogP contribution in [0.2, 0.25) is 0 Å².